The second kappa shape index (κ2) is 2.62. The standard InChI is InChI=1S/C8H11N3O/c1-12-8(9)7-4-10-5-11(7)6-2-3-6/h4-6,9H,2-3H2,1H3. The lowest BCUT2D eigenvalue weighted by atomic mass is 10.4. The smallest absolute Gasteiger partial charge is 0.231 e. The summed E-state index contributed by atoms with van der Waals surface area (Å²) in [5.41, 5.74) is 0.778. The molecule has 0 radical (unpaired) electrons. The van der Waals surface area contributed by atoms with E-state index in [1.165, 1.54) is 20.0 Å². The quantitative estimate of drug-likeness (QED) is 0.528. The van der Waals surface area contributed by atoms with Gasteiger partial charge in [0.25, 0.3) is 0 Å². The summed E-state index contributed by atoms with van der Waals surface area (Å²) in [4.78, 5) is 3.99. The van der Waals surface area contributed by atoms with Crippen molar-refractivity contribution in [2.45, 2.75) is 18.9 Å². The Balaban J connectivity index is 2.29. The van der Waals surface area contributed by atoms with Crippen molar-refractivity contribution in [3.63, 3.8) is 0 Å². The minimum Gasteiger partial charge on any atom is -0.480 e. The maximum absolute atomic E-state index is 7.47. The highest BCUT2D eigenvalue weighted by Gasteiger charge is 2.26. The maximum atomic E-state index is 7.47. The number of imidazole rings is 1. The average Bonchev–Trinajstić information content (AvgIpc) is 2.83. The average molecular weight is 165 g/mol. The van der Waals surface area contributed by atoms with Gasteiger partial charge in [0.1, 0.15) is 5.69 Å². The van der Waals surface area contributed by atoms with Gasteiger partial charge in [0, 0.05) is 6.04 Å². The molecule has 0 bridgehead atoms. The largest absolute Gasteiger partial charge is 0.480 e. The zero-order chi connectivity index (χ0) is 8.55. The van der Waals surface area contributed by atoms with Crippen LogP contribution in [0.5, 0.6) is 0 Å². The first-order valence-electron chi connectivity index (χ1n) is 3.97. The number of hydrogen-bond donors (Lipinski definition) is 1. The van der Waals surface area contributed by atoms with Gasteiger partial charge in [0.2, 0.25) is 5.90 Å². The minimum atomic E-state index is 0.194. The number of nitrogens with zero attached hydrogens (tertiary/aromatic N) is 2. The first kappa shape index (κ1) is 7.34. The fraction of sp³-hybridized carbons (Fsp3) is 0.500. The summed E-state index contributed by atoms with van der Waals surface area (Å²) in [6, 6.07) is 0.554. The number of ether oxygens (including phenoxy) is 1. The number of hydrogen-bond acceptors (Lipinski definition) is 3. The number of rotatable bonds is 2. The Kier molecular flexibility index (Phi) is 1.60. The molecule has 4 heteroatoms. The van der Waals surface area contributed by atoms with Crippen LogP contribution in [-0.2, 0) is 4.74 Å². The predicted molar refractivity (Wildman–Crippen MR) is 44.3 cm³/mol. The van der Waals surface area contributed by atoms with Gasteiger partial charge in [-0.1, -0.05) is 0 Å². The number of aromatic nitrogens is 2. The van der Waals surface area contributed by atoms with Crippen molar-refractivity contribution in [1.29, 1.82) is 5.41 Å². The highest BCUT2D eigenvalue weighted by Crippen LogP contribution is 2.35. The van der Waals surface area contributed by atoms with E-state index in [0.29, 0.717) is 6.04 Å². The van der Waals surface area contributed by atoms with Crippen molar-refractivity contribution < 1.29 is 4.74 Å². The van der Waals surface area contributed by atoms with Gasteiger partial charge in [-0.3, -0.25) is 5.41 Å². The Labute approximate surface area is 70.7 Å². The normalized spacial score (nSPS) is 16.1. The molecule has 0 atom stereocenters. The van der Waals surface area contributed by atoms with E-state index in [1.807, 2.05) is 4.57 Å². The second-order valence-electron chi connectivity index (χ2n) is 2.95. The predicted octanol–water partition coefficient (Wildman–Crippen LogP) is 1.19. The lowest BCUT2D eigenvalue weighted by Gasteiger charge is -2.05. The van der Waals surface area contributed by atoms with E-state index in [-0.39, 0.29) is 5.90 Å². The zero-order valence-corrected chi connectivity index (χ0v) is 6.95. The van der Waals surface area contributed by atoms with Crippen LogP contribution in [0, 0.1) is 5.41 Å². The van der Waals surface area contributed by atoms with Gasteiger partial charge in [0.05, 0.1) is 19.6 Å². The Morgan fingerprint density at radius 1 is 1.75 bits per heavy atom. The van der Waals surface area contributed by atoms with Crippen molar-refractivity contribution in [2.24, 2.45) is 0 Å². The number of methoxy groups -OCH3 is 1. The van der Waals surface area contributed by atoms with Crippen LogP contribution in [0.15, 0.2) is 12.5 Å². The third kappa shape index (κ3) is 1.09. The van der Waals surface area contributed by atoms with E-state index in [9.17, 15) is 0 Å². The van der Waals surface area contributed by atoms with E-state index in [0.717, 1.165) is 5.69 Å². The van der Waals surface area contributed by atoms with E-state index in [1.54, 1.807) is 12.5 Å². The SMILES string of the molecule is COC(=N)c1cncn1C1CC1. The van der Waals surface area contributed by atoms with Crippen LogP contribution >= 0.6 is 0 Å². The molecule has 2 rings (SSSR count). The highest BCUT2D eigenvalue weighted by atomic mass is 16.5. The molecule has 12 heavy (non-hydrogen) atoms. The molecular weight excluding hydrogens is 154 g/mol. The van der Waals surface area contributed by atoms with Crippen molar-refractivity contribution in [3.05, 3.63) is 18.2 Å². The van der Waals surface area contributed by atoms with Crippen LogP contribution in [0.1, 0.15) is 24.6 Å². The molecule has 1 fully saturated rings. The number of nitrogens with one attached hydrogen (secondary N) is 1. The molecule has 1 aliphatic carbocycles. The summed E-state index contributed by atoms with van der Waals surface area (Å²) in [5.74, 6) is 0.194. The Hall–Kier alpha value is -1.32. The van der Waals surface area contributed by atoms with Gasteiger partial charge in [-0.25, -0.2) is 4.98 Å². The summed E-state index contributed by atoms with van der Waals surface area (Å²) in [7, 11) is 1.51. The Morgan fingerprint density at radius 2 is 2.50 bits per heavy atom. The molecule has 1 aromatic heterocycles. The molecule has 1 heterocycles. The molecule has 0 aromatic carbocycles. The van der Waals surface area contributed by atoms with Crippen molar-refractivity contribution in [2.75, 3.05) is 7.11 Å². The van der Waals surface area contributed by atoms with Crippen LogP contribution in [0.4, 0.5) is 0 Å². The molecule has 1 saturated carbocycles. The van der Waals surface area contributed by atoms with Crippen LogP contribution < -0.4 is 0 Å². The Morgan fingerprint density at radius 3 is 3.08 bits per heavy atom. The third-order valence-corrected chi connectivity index (χ3v) is 2.04. The molecule has 0 amide bonds. The molecule has 0 aliphatic heterocycles. The first-order valence-corrected chi connectivity index (χ1v) is 3.97. The zero-order valence-electron chi connectivity index (χ0n) is 6.95. The second-order valence-corrected chi connectivity index (χ2v) is 2.95. The first-order chi connectivity index (χ1) is 5.83. The highest BCUT2D eigenvalue weighted by molar-refractivity contribution is 5.89. The summed E-state index contributed by atoms with van der Waals surface area (Å²) < 4.78 is 6.84. The summed E-state index contributed by atoms with van der Waals surface area (Å²) in [6.45, 7) is 0. The lowest BCUT2D eigenvalue weighted by molar-refractivity contribution is 0.397. The van der Waals surface area contributed by atoms with Gasteiger partial charge in [-0.2, -0.15) is 0 Å². The van der Waals surface area contributed by atoms with Gasteiger partial charge < -0.3 is 9.30 Å². The van der Waals surface area contributed by atoms with Crippen LogP contribution in [-0.4, -0.2) is 22.6 Å². The van der Waals surface area contributed by atoms with E-state index >= 15 is 0 Å². The minimum absolute atomic E-state index is 0.194. The van der Waals surface area contributed by atoms with Crippen molar-refractivity contribution in [1.82, 2.24) is 9.55 Å². The van der Waals surface area contributed by atoms with E-state index in [4.69, 9.17) is 10.1 Å². The van der Waals surface area contributed by atoms with Crippen molar-refractivity contribution in [3.8, 4) is 0 Å². The molecule has 0 saturated heterocycles. The van der Waals surface area contributed by atoms with Crippen molar-refractivity contribution >= 4 is 5.90 Å². The molecule has 0 unspecified atom stereocenters. The van der Waals surface area contributed by atoms with Gasteiger partial charge in [-0.15, -0.1) is 0 Å². The lowest BCUT2D eigenvalue weighted by Crippen LogP contribution is -2.08. The molecule has 1 aromatic rings. The fourth-order valence-corrected chi connectivity index (χ4v) is 1.23. The summed E-state index contributed by atoms with van der Waals surface area (Å²) in [5, 5.41) is 7.47. The maximum Gasteiger partial charge on any atom is 0.231 e. The van der Waals surface area contributed by atoms with E-state index < -0.39 is 0 Å². The fourth-order valence-electron chi connectivity index (χ4n) is 1.23. The van der Waals surface area contributed by atoms with Gasteiger partial charge in [0.15, 0.2) is 0 Å². The molecule has 0 spiro atoms. The molecule has 1 N–H and O–H groups in total. The van der Waals surface area contributed by atoms with E-state index in [2.05, 4.69) is 4.98 Å². The molecule has 1 aliphatic rings. The molecule has 64 valence electrons. The van der Waals surface area contributed by atoms with Gasteiger partial charge >= 0.3 is 0 Å². The topological polar surface area (TPSA) is 50.9 Å². The summed E-state index contributed by atoms with van der Waals surface area (Å²) >= 11 is 0. The van der Waals surface area contributed by atoms with Crippen LogP contribution in [0.2, 0.25) is 0 Å². The molecular formula is C8H11N3O. The summed E-state index contributed by atoms with van der Waals surface area (Å²) in [6.07, 6.45) is 5.82. The van der Waals surface area contributed by atoms with Gasteiger partial charge in [-0.05, 0) is 12.8 Å². The van der Waals surface area contributed by atoms with Crippen LogP contribution in [0.25, 0.3) is 0 Å². The Bertz CT molecular complexity index is 301. The third-order valence-electron chi connectivity index (χ3n) is 2.04. The monoisotopic (exact) mass is 165 g/mol. The molecule has 4 nitrogen and oxygen atoms in total. The van der Waals surface area contributed by atoms with Crippen LogP contribution in [0.3, 0.4) is 0 Å².